The Balaban J connectivity index is 3.03. The molecular formula is C15H24N2O3S. The van der Waals surface area contributed by atoms with Crippen molar-refractivity contribution < 1.29 is 14.3 Å². The van der Waals surface area contributed by atoms with E-state index in [1.807, 2.05) is 48.5 Å². The van der Waals surface area contributed by atoms with Crippen molar-refractivity contribution in [1.82, 2.24) is 5.32 Å². The SMILES string of the molecule is Cc1sc(NC(=O)NC(C)C)c(C(=O)OC(C)(C)C)c1C. The van der Waals surface area contributed by atoms with Gasteiger partial charge in [-0.3, -0.25) is 5.32 Å². The molecule has 5 nitrogen and oxygen atoms in total. The molecule has 0 bridgehead atoms. The van der Waals surface area contributed by atoms with Crippen LogP contribution in [0.15, 0.2) is 0 Å². The van der Waals surface area contributed by atoms with Gasteiger partial charge in [-0.15, -0.1) is 11.3 Å². The monoisotopic (exact) mass is 312 g/mol. The molecule has 0 unspecified atom stereocenters. The number of carbonyl (C=O) groups is 2. The van der Waals surface area contributed by atoms with Gasteiger partial charge in [0.2, 0.25) is 0 Å². The zero-order valence-corrected chi connectivity index (χ0v) is 14.5. The highest BCUT2D eigenvalue weighted by molar-refractivity contribution is 7.16. The summed E-state index contributed by atoms with van der Waals surface area (Å²) >= 11 is 1.38. The molecule has 0 saturated carbocycles. The quantitative estimate of drug-likeness (QED) is 0.833. The third-order valence-electron chi connectivity index (χ3n) is 2.64. The smallest absolute Gasteiger partial charge is 0.341 e. The highest BCUT2D eigenvalue weighted by atomic mass is 32.1. The summed E-state index contributed by atoms with van der Waals surface area (Å²) < 4.78 is 5.42. The van der Waals surface area contributed by atoms with Crippen molar-refractivity contribution in [2.75, 3.05) is 5.32 Å². The fourth-order valence-corrected chi connectivity index (χ4v) is 2.73. The van der Waals surface area contributed by atoms with Gasteiger partial charge in [0.25, 0.3) is 0 Å². The maximum Gasteiger partial charge on any atom is 0.341 e. The van der Waals surface area contributed by atoms with Crippen LogP contribution in [-0.4, -0.2) is 23.6 Å². The molecule has 1 aromatic rings. The minimum absolute atomic E-state index is 0.0251. The maximum absolute atomic E-state index is 12.3. The van der Waals surface area contributed by atoms with Crippen molar-refractivity contribution in [3.8, 4) is 0 Å². The van der Waals surface area contributed by atoms with E-state index in [4.69, 9.17) is 4.74 Å². The fourth-order valence-electron chi connectivity index (χ4n) is 1.69. The minimum Gasteiger partial charge on any atom is -0.456 e. The van der Waals surface area contributed by atoms with Crippen LogP contribution in [0.3, 0.4) is 0 Å². The molecule has 0 aliphatic heterocycles. The van der Waals surface area contributed by atoms with Crippen LogP contribution in [0.25, 0.3) is 0 Å². The molecule has 21 heavy (non-hydrogen) atoms. The minimum atomic E-state index is -0.573. The predicted molar refractivity (Wildman–Crippen MR) is 86.3 cm³/mol. The second-order valence-corrected chi connectivity index (χ2v) is 7.47. The number of ether oxygens (including phenoxy) is 1. The number of amides is 2. The van der Waals surface area contributed by atoms with Crippen LogP contribution in [0.5, 0.6) is 0 Å². The summed E-state index contributed by atoms with van der Waals surface area (Å²) in [4.78, 5) is 25.1. The normalized spacial score (nSPS) is 11.4. The van der Waals surface area contributed by atoms with Crippen LogP contribution in [0.2, 0.25) is 0 Å². The molecule has 6 heteroatoms. The molecule has 0 saturated heterocycles. The van der Waals surface area contributed by atoms with Gasteiger partial charge in [-0.25, -0.2) is 9.59 Å². The van der Waals surface area contributed by atoms with Gasteiger partial charge in [-0.05, 0) is 54.0 Å². The van der Waals surface area contributed by atoms with Gasteiger partial charge in [0.1, 0.15) is 10.6 Å². The Morgan fingerprint density at radius 3 is 2.24 bits per heavy atom. The van der Waals surface area contributed by atoms with Gasteiger partial charge in [0.05, 0.1) is 5.56 Å². The molecule has 118 valence electrons. The van der Waals surface area contributed by atoms with E-state index in [0.29, 0.717) is 10.6 Å². The van der Waals surface area contributed by atoms with E-state index >= 15 is 0 Å². The van der Waals surface area contributed by atoms with Crippen molar-refractivity contribution in [1.29, 1.82) is 0 Å². The van der Waals surface area contributed by atoms with Crippen molar-refractivity contribution in [2.45, 2.75) is 60.1 Å². The maximum atomic E-state index is 12.3. The number of carbonyl (C=O) groups excluding carboxylic acids is 2. The third-order valence-corrected chi connectivity index (χ3v) is 3.76. The van der Waals surface area contributed by atoms with Crippen LogP contribution < -0.4 is 10.6 Å². The van der Waals surface area contributed by atoms with E-state index in [9.17, 15) is 9.59 Å². The van der Waals surface area contributed by atoms with Crippen LogP contribution in [0, 0.1) is 13.8 Å². The van der Waals surface area contributed by atoms with Crippen LogP contribution in [-0.2, 0) is 4.74 Å². The number of hydrogen-bond donors (Lipinski definition) is 2. The first-order valence-electron chi connectivity index (χ1n) is 6.92. The molecule has 0 spiro atoms. The van der Waals surface area contributed by atoms with E-state index in [-0.39, 0.29) is 12.1 Å². The number of anilines is 1. The summed E-state index contributed by atoms with van der Waals surface area (Å²) in [6.07, 6.45) is 0. The molecule has 0 radical (unpaired) electrons. The lowest BCUT2D eigenvalue weighted by Crippen LogP contribution is -2.34. The van der Waals surface area contributed by atoms with E-state index in [2.05, 4.69) is 10.6 Å². The zero-order valence-electron chi connectivity index (χ0n) is 13.7. The molecular weight excluding hydrogens is 288 g/mol. The first-order valence-corrected chi connectivity index (χ1v) is 7.73. The summed E-state index contributed by atoms with van der Waals surface area (Å²) in [5.41, 5.74) is 0.706. The number of hydrogen-bond acceptors (Lipinski definition) is 4. The lowest BCUT2D eigenvalue weighted by Gasteiger charge is -2.20. The van der Waals surface area contributed by atoms with E-state index < -0.39 is 11.6 Å². The summed E-state index contributed by atoms with van der Waals surface area (Å²) in [7, 11) is 0. The molecule has 0 atom stereocenters. The summed E-state index contributed by atoms with van der Waals surface area (Å²) in [5, 5.41) is 6.00. The molecule has 0 aromatic carbocycles. The summed E-state index contributed by atoms with van der Waals surface area (Å²) in [6, 6.07) is -0.298. The zero-order chi connectivity index (χ0) is 16.4. The summed E-state index contributed by atoms with van der Waals surface area (Å²) in [5.74, 6) is -0.413. The standard InChI is InChI=1S/C15H24N2O3S/c1-8(2)16-14(19)17-12-11(9(3)10(4)21-12)13(18)20-15(5,6)7/h8H,1-7H3,(H2,16,17,19). The highest BCUT2D eigenvalue weighted by Crippen LogP contribution is 2.33. The lowest BCUT2D eigenvalue weighted by molar-refractivity contribution is 0.00705. The Labute approximate surface area is 130 Å². The van der Waals surface area contributed by atoms with Gasteiger partial charge in [0.15, 0.2) is 0 Å². The second-order valence-electron chi connectivity index (χ2n) is 6.24. The lowest BCUT2D eigenvalue weighted by atomic mass is 10.1. The van der Waals surface area contributed by atoms with Crippen molar-refractivity contribution in [3.05, 3.63) is 16.0 Å². The number of rotatable bonds is 3. The number of aryl methyl sites for hydroxylation is 1. The average Bonchev–Trinajstić information content (AvgIpc) is 2.50. The van der Waals surface area contributed by atoms with E-state index in [1.54, 1.807) is 0 Å². The van der Waals surface area contributed by atoms with Crippen LogP contribution in [0.1, 0.15) is 55.4 Å². The molecule has 0 fully saturated rings. The molecule has 2 N–H and O–H groups in total. The second kappa shape index (κ2) is 6.47. The van der Waals surface area contributed by atoms with Gasteiger partial charge < -0.3 is 10.1 Å². The number of thiophene rings is 1. The Hall–Kier alpha value is -1.56. The van der Waals surface area contributed by atoms with Crippen molar-refractivity contribution >= 4 is 28.3 Å². The summed E-state index contributed by atoms with van der Waals surface area (Å²) in [6.45, 7) is 13.0. The van der Waals surface area contributed by atoms with Gasteiger partial charge in [0, 0.05) is 10.9 Å². The molecule has 2 amide bonds. The predicted octanol–water partition coefficient (Wildman–Crippen LogP) is 3.85. The largest absolute Gasteiger partial charge is 0.456 e. The Morgan fingerprint density at radius 2 is 1.76 bits per heavy atom. The van der Waals surface area contributed by atoms with E-state index in [0.717, 1.165) is 10.4 Å². The number of esters is 1. The molecule has 0 aliphatic rings. The average molecular weight is 312 g/mol. The van der Waals surface area contributed by atoms with Crippen LogP contribution >= 0.6 is 11.3 Å². The van der Waals surface area contributed by atoms with E-state index in [1.165, 1.54) is 11.3 Å². The Kier molecular flexibility index (Phi) is 5.39. The van der Waals surface area contributed by atoms with Gasteiger partial charge >= 0.3 is 12.0 Å². The van der Waals surface area contributed by atoms with Gasteiger partial charge in [-0.2, -0.15) is 0 Å². The molecule has 1 heterocycles. The number of urea groups is 1. The van der Waals surface area contributed by atoms with Crippen molar-refractivity contribution in [3.63, 3.8) is 0 Å². The first kappa shape index (κ1) is 17.5. The molecule has 1 aromatic heterocycles. The van der Waals surface area contributed by atoms with Gasteiger partial charge in [-0.1, -0.05) is 0 Å². The van der Waals surface area contributed by atoms with Crippen LogP contribution in [0.4, 0.5) is 9.80 Å². The fraction of sp³-hybridized carbons (Fsp3) is 0.600. The molecule has 0 aliphatic carbocycles. The highest BCUT2D eigenvalue weighted by Gasteiger charge is 2.26. The van der Waals surface area contributed by atoms with Crippen molar-refractivity contribution in [2.24, 2.45) is 0 Å². The molecule has 1 rings (SSSR count). The Bertz CT molecular complexity index is 542. The number of nitrogens with one attached hydrogen (secondary N) is 2. The third kappa shape index (κ3) is 5.04. The Morgan fingerprint density at radius 1 is 1.19 bits per heavy atom. The first-order chi connectivity index (χ1) is 9.51. The topological polar surface area (TPSA) is 67.4 Å².